The molecule has 0 aliphatic heterocycles. The lowest BCUT2D eigenvalue weighted by atomic mass is 9.84. The van der Waals surface area contributed by atoms with Gasteiger partial charge in [-0.2, -0.15) is 0 Å². The summed E-state index contributed by atoms with van der Waals surface area (Å²) in [7, 11) is -0.489. The van der Waals surface area contributed by atoms with Crippen molar-refractivity contribution in [2.24, 2.45) is 24.8 Å². The van der Waals surface area contributed by atoms with Gasteiger partial charge in [0, 0.05) is 19.3 Å². The zero-order chi connectivity index (χ0) is 16.8. The molecular formula is C16H25N3O3S. The SMILES string of the molecule is CNS(=O)(=O)c1cc(C(=O)N[C@H](C)[C@H]2C[C@@H]3CC[C@@H]2C3)n(C)c1. The van der Waals surface area contributed by atoms with E-state index in [9.17, 15) is 13.2 Å². The fourth-order valence-electron chi connectivity index (χ4n) is 4.32. The van der Waals surface area contributed by atoms with Crippen LogP contribution in [-0.2, 0) is 17.1 Å². The van der Waals surface area contributed by atoms with E-state index in [1.165, 1.54) is 45.0 Å². The second kappa shape index (κ2) is 5.94. The van der Waals surface area contributed by atoms with Gasteiger partial charge in [-0.05, 0) is 57.1 Å². The molecule has 0 aromatic carbocycles. The molecule has 2 N–H and O–H groups in total. The summed E-state index contributed by atoms with van der Waals surface area (Å²) in [5.41, 5.74) is 0.369. The molecule has 6 nitrogen and oxygen atoms in total. The molecule has 2 aliphatic rings. The summed E-state index contributed by atoms with van der Waals surface area (Å²) < 4.78 is 27.5. The average Bonchev–Trinajstić information content (AvgIpc) is 3.21. The third kappa shape index (κ3) is 3.04. The van der Waals surface area contributed by atoms with Crippen LogP contribution in [0.4, 0.5) is 0 Å². The molecule has 7 heteroatoms. The van der Waals surface area contributed by atoms with Crippen LogP contribution >= 0.6 is 0 Å². The van der Waals surface area contributed by atoms with Crippen LogP contribution in [0.1, 0.15) is 43.1 Å². The number of rotatable bonds is 5. The third-order valence-electron chi connectivity index (χ3n) is 5.59. The summed E-state index contributed by atoms with van der Waals surface area (Å²) in [6.45, 7) is 2.07. The Hall–Kier alpha value is -1.34. The summed E-state index contributed by atoms with van der Waals surface area (Å²) in [6, 6.07) is 1.55. The maximum atomic E-state index is 12.5. The van der Waals surface area contributed by atoms with E-state index in [1.54, 1.807) is 11.6 Å². The fraction of sp³-hybridized carbons (Fsp3) is 0.688. The molecule has 1 heterocycles. The predicted octanol–water partition coefficient (Wildman–Crippen LogP) is 1.49. The minimum atomic E-state index is -3.54. The Balaban J connectivity index is 1.71. The van der Waals surface area contributed by atoms with Crippen molar-refractivity contribution in [2.75, 3.05) is 7.05 Å². The Morgan fingerprint density at radius 3 is 2.65 bits per heavy atom. The van der Waals surface area contributed by atoms with Gasteiger partial charge in [0.25, 0.3) is 5.91 Å². The zero-order valence-corrected chi connectivity index (χ0v) is 14.7. The summed E-state index contributed by atoms with van der Waals surface area (Å²) in [4.78, 5) is 12.6. The summed E-state index contributed by atoms with van der Waals surface area (Å²) >= 11 is 0. The largest absolute Gasteiger partial charge is 0.348 e. The van der Waals surface area contributed by atoms with Gasteiger partial charge in [-0.25, -0.2) is 13.1 Å². The number of aryl methyl sites for hydroxylation is 1. The molecular weight excluding hydrogens is 314 g/mol. The molecule has 2 bridgehead atoms. The van der Waals surface area contributed by atoms with Crippen LogP contribution in [0.25, 0.3) is 0 Å². The van der Waals surface area contributed by atoms with Crippen LogP contribution in [0, 0.1) is 17.8 Å². The first-order chi connectivity index (χ1) is 10.8. The number of amides is 1. The molecule has 0 spiro atoms. The molecule has 1 aromatic heterocycles. The lowest BCUT2D eigenvalue weighted by Gasteiger charge is -2.28. The third-order valence-corrected chi connectivity index (χ3v) is 6.97. The Morgan fingerprint density at radius 1 is 1.35 bits per heavy atom. The lowest BCUT2D eigenvalue weighted by molar-refractivity contribution is 0.0907. The first-order valence-corrected chi connectivity index (χ1v) is 9.71. The van der Waals surface area contributed by atoms with E-state index in [0.717, 1.165) is 11.8 Å². The topological polar surface area (TPSA) is 80.2 Å². The van der Waals surface area contributed by atoms with E-state index < -0.39 is 10.0 Å². The minimum absolute atomic E-state index is 0.111. The van der Waals surface area contributed by atoms with Gasteiger partial charge >= 0.3 is 0 Å². The molecule has 1 amide bonds. The fourth-order valence-corrected chi connectivity index (χ4v) is 5.12. The number of carbonyl (C=O) groups is 1. The quantitative estimate of drug-likeness (QED) is 0.853. The van der Waals surface area contributed by atoms with E-state index in [4.69, 9.17) is 0 Å². The lowest BCUT2D eigenvalue weighted by Crippen LogP contribution is -2.40. The van der Waals surface area contributed by atoms with Crippen LogP contribution in [-0.4, -0.2) is 32.0 Å². The van der Waals surface area contributed by atoms with Crippen molar-refractivity contribution >= 4 is 15.9 Å². The van der Waals surface area contributed by atoms with Crippen LogP contribution < -0.4 is 10.0 Å². The average molecular weight is 339 g/mol. The molecule has 2 fully saturated rings. The maximum Gasteiger partial charge on any atom is 0.268 e. The highest BCUT2D eigenvalue weighted by Gasteiger charge is 2.42. The van der Waals surface area contributed by atoms with Gasteiger partial charge in [-0.3, -0.25) is 4.79 Å². The van der Waals surface area contributed by atoms with E-state index in [2.05, 4.69) is 17.0 Å². The van der Waals surface area contributed by atoms with Crippen molar-refractivity contribution in [3.8, 4) is 0 Å². The van der Waals surface area contributed by atoms with Crippen molar-refractivity contribution in [3.63, 3.8) is 0 Å². The van der Waals surface area contributed by atoms with Gasteiger partial charge in [-0.15, -0.1) is 0 Å². The standard InChI is InChI=1S/C16H25N3O3S/c1-10(14-7-11-4-5-12(14)6-11)18-16(20)15-8-13(9-19(15)3)23(21,22)17-2/h8-12,14,17H,4-7H2,1-3H3,(H,18,20)/t10-,11-,12-,14-/m1/s1. The molecule has 2 saturated carbocycles. The second-order valence-corrected chi connectivity index (χ2v) is 8.87. The molecule has 0 unspecified atom stereocenters. The molecule has 0 radical (unpaired) electrons. The Kier molecular flexibility index (Phi) is 4.27. The normalized spacial score (nSPS) is 28.0. The van der Waals surface area contributed by atoms with Gasteiger partial charge < -0.3 is 9.88 Å². The smallest absolute Gasteiger partial charge is 0.268 e. The second-order valence-electron chi connectivity index (χ2n) is 6.98. The van der Waals surface area contributed by atoms with Crippen molar-refractivity contribution in [3.05, 3.63) is 18.0 Å². The first-order valence-electron chi connectivity index (χ1n) is 8.22. The Morgan fingerprint density at radius 2 is 2.09 bits per heavy atom. The molecule has 4 atom stereocenters. The molecule has 23 heavy (non-hydrogen) atoms. The number of carbonyl (C=O) groups excluding carboxylic acids is 1. The number of hydrogen-bond acceptors (Lipinski definition) is 3. The summed E-state index contributed by atoms with van der Waals surface area (Å²) in [5.74, 6) is 1.93. The Bertz CT molecular complexity index is 710. The van der Waals surface area contributed by atoms with E-state index in [0.29, 0.717) is 11.6 Å². The van der Waals surface area contributed by atoms with Crippen LogP contribution in [0.2, 0.25) is 0 Å². The van der Waals surface area contributed by atoms with Crippen molar-refractivity contribution in [1.82, 2.24) is 14.6 Å². The number of fused-ring (bicyclic) bond motifs is 2. The number of aromatic nitrogens is 1. The number of hydrogen-bond donors (Lipinski definition) is 2. The molecule has 128 valence electrons. The van der Waals surface area contributed by atoms with Crippen molar-refractivity contribution < 1.29 is 13.2 Å². The minimum Gasteiger partial charge on any atom is -0.348 e. The van der Waals surface area contributed by atoms with Crippen molar-refractivity contribution in [2.45, 2.75) is 43.5 Å². The monoisotopic (exact) mass is 339 g/mol. The highest BCUT2D eigenvalue weighted by atomic mass is 32.2. The zero-order valence-electron chi connectivity index (χ0n) is 13.9. The molecule has 1 aromatic rings. The van der Waals surface area contributed by atoms with Gasteiger partial charge in [-0.1, -0.05) is 6.42 Å². The number of sulfonamides is 1. The predicted molar refractivity (Wildman–Crippen MR) is 87.5 cm³/mol. The van der Waals surface area contributed by atoms with Crippen LogP contribution in [0.3, 0.4) is 0 Å². The van der Waals surface area contributed by atoms with Crippen molar-refractivity contribution in [1.29, 1.82) is 0 Å². The maximum absolute atomic E-state index is 12.5. The van der Waals surface area contributed by atoms with E-state index in [-0.39, 0.29) is 16.8 Å². The van der Waals surface area contributed by atoms with Gasteiger partial charge in [0.1, 0.15) is 10.6 Å². The number of nitrogens with one attached hydrogen (secondary N) is 2. The molecule has 3 rings (SSSR count). The van der Waals surface area contributed by atoms with Crippen LogP contribution in [0.5, 0.6) is 0 Å². The summed E-state index contributed by atoms with van der Waals surface area (Å²) in [5, 5.41) is 3.07. The summed E-state index contributed by atoms with van der Waals surface area (Å²) in [6.07, 6.45) is 6.59. The number of nitrogens with zero attached hydrogens (tertiary/aromatic N) is 1. The van der Waals surface area contributed by atoms with Crippen LogP contribution in [0.15, 0.2) is 17.2 Å². The molecule has 2 aliphatic carbocycles. The van der Waals surface area contributed by atoms with Gasteiger partial charge in [0.2, 0.25) is 10.0 Å². The molecule has 0 saturated heterocycles. The van der Waals surface area contributed by atoms with Gasteiger partial charge in [0.15, 0.2) is 0 Å². The highest BCUT2D eigenvalue weighted by Crippen LogP contribution is 2.49. The van der Waals surface area contributed by atoms with E-state index >= 15 is 0 Å². The Labute approximate surface area is 137 Å². The first kappa shape index (κ1) is 16.5. The van der Waals surface area contributed by atoms with E-state index in [1.807, 2.05) is 0 Å². The highest BCUT2D eigenvalue weighted by molar-refractivity contribution is 7.89. The van der Waals surface area contributed by atoms with Gasteiger partial charge in [0.05, 0.1) is 0 Å².